The third kappa shape index (κ3) is 3.21. The van der Waals surface area contributed by atoms with Crippen LogP contribution in [0.3, 0.4) is 0 Å². The van der Waals surface area contributed by atoms with Crippen molar-refractivity contribution in [2.24, 2.45) is 0 Å². The molecule has 4 nitrogen and oxygen atoms in total. The molecule has 0 spiro atoms. The first-order valence-corrected chi connectivity index (χ1v) is 6.67. The highest BCUT2D eigenvalue weighted by molar-refractivity contribution is 6.39. The number of aromatic nitrogens is 1. The van der Waals surface area contributed by atoms with Gasteiger partial charge in [-0.15, -0.1) is 0 Å². The smallest absolute Gasteiger partial charge is 0.251 e. The molecule has 0 unspecified atom stereocenters. The number of anilines is 1. The van der Waals surface area contributed by atoms with Crippen LogP contribution in [0, 0.1) is 6.92 Å². The summed E-state index contributed by atoms with van der Waals surface area (Å²) in [5, 5.41) is 3.34. The predicted molar refractivity (Wildman–Crippen MR) is 81.0 cm³/mol. The fourth-order valence-corrected chi connectivity index (χ4v) is 2.18. The van der Waals surface area contributed by atoms with E-state index in [1.807, 2.05) is 13.0 Å². The SMILES string of the molecule is Cc1cnccc1CNC(=O)c1cc(Cl)c(N)c(Cl)c1. The first kappa shape index (κ1) is 14.6. The number of carbonyl (C=O) groups excluding carboxylic acids is 1. The zero-order chi connectivity index (χ0) is 14.7. The number of nitrogens with two attached hydrogens (primary N) is 1. The minimum absolute atomic E-state index is 0.259. The number of amides is 1. The summed E-state index contributed by atoms with van der Waals surface area (Å²) in [5.41, 5.74) is 8.30. The van der Waals surface area contributed by atoms with Gasteiger partial charge < -0.3 is 11.1 Å². The summed E-state index contributed by atoms with van der Waals surface area (Å²) < 4.78 is 0. The molecule has 1 aromatic carbocycles. The first-order chi connectivity index (χ1) is 9.49. The Morgan fingerprint density at radius 1 is 1.35 bits per heavy atom. The number of rotatable bonds is 3. The fraction of sp³-hybridized carbons (Fsp3) is 0.143. The molecule has 0 aliphatic rings. The molecule has 2 aromatic rings. The summed E-state index contributed by atoms with van der Waals surface area (Å²) in [6.45, 7) is 2.35. The number of pyridine rings is 1. The van der Waals surface area contributed by atoms with Crippen LogP contribution in [0.2, 0.25) is 10.0 Å². The van der Waals surface area contributed by atoms with Gasteiger partial charge in [-0.2, -0.15) is 0 Å². The fourth-order valence-electron chi connectivity index (χ4n) is 1.69. The molecule has 20 heavy (non-hydrogen) atoms. The second kappa shape index (κ2) is 6.11. The lowest BCUT2D eigenvalue weighted by Gasteiger charge is -2.09. The van der Waals surface area contributed by atoms with Crippen LogP contribution in [-0.4, -0.2) is 10.9 Å². The molecule has 0 bridgehead atoms. The monoisotopic (exact) mass is 309 g/mol. The first-order valence-electron chi connectivity index (χ1n) is 5.91. The Balaban J connectivity index is 2.11. The number of nitrogens with one attached hydrogen (secondary N) is 1. The van der Waals surface area contributed by atoms with Crippen LogP contribution in [0.5, 0.6) is 0 Å². The number of benzene rings is 1. The minimum Gasteiger partial charge on any atom is -0.396 e. The summed E-state index contributed by atoms with van der Waals surface area (Å²) in [6, 6.07) is 4.85. The van der Waals surface area contributed by atoms with E-state index in [1.165, 1.54) is 12.1 Å². The molecular weight excluding hydrogens is 297 g/mol. The molecule has 0 fully saturated rings. The number of nitrogen functional groups attached to an aromatic ring is 1. The molecule has 1 aromatic heterocycles. The van der Waals surface area contributed by atoms with Crippen LogP contribution in [0.25, 0.3) is 0 Å². The Labute approximate surface area is 126 Å². The van der Waals surface area contributed by atoms with Gasteiger partial charge in [0.05, 0.1) is 15.7 Å². The van der Waals surface area contributed by atoms with Gasteiger partial charge in [0.2, 0.25) is 0 Å². The maximum atomic E-state index is 12.1. The Kier molecular flexibility index (Phi) is 4.47. The van der Waals surface area contributed by atoms with E-state index >= 15 is 0 Å². The van der Waals surface area contributed by atoms with Crippen LogP contribution >= 0.6 is 23.2 Å². The van der Waals surface area contributed by atoms with Gasteiger partial charge in [-0.3, -0.25) is 9.78 Å². The van der Waals surface area contributed by atoms with Crippen LogP contribution in [0.4, 0.5) is 5.69 Å². The highest BCUT2D eigenvalue weighted by atomic mass is 35.5. The van der Waals surface area contributed by atoms with E-state index in [0.29, 0.717) is 12.1 Å². The Bertz CT molecular complexity index is 636. The second-order valence-corrected chi connectivity index (χ2v) is 5.15. The van der Waals surface area contributed by atoms with Crippen molar-refractivity contribution in [2.75, 3.05) is 5.73 Å². The van der Waals surface area contributed by atoms with Crippen molar-refractivity contribution in [3.8, 4) is 0 Å². The standard InChI is InChI=1S/C14H13Cl2N3O/c1-8-6-18-3-2-9(8)7-19-14(20)10-4-11(15)13(17)12(16)5-10/h2-6H,7,17H2,1H3,(H,19,20). The summed E-state index contributed by atoms with van der Waals surface area (Å²) in [4.78, 5) is 16.1. The highest BCUT2D eigenvalue weighted by Crippen LogP contribution is 2.28. The number of nitrogens with zero attached hydrogens (tertiary/aromatic N) is 1. The molecule has 104 valence electrons. The summed E-state index contributed by atoms with van der Waals surface area (Å²) in [7, 11) is 0. The Morgan fingerprint density at radius 3 is 2.60 bits per heavy atom. The van der Waals surface area contributed by atoms with Crippen LogP contribution in [0.15, 0.2) is 30.6 Å². The second-order valence-electron chi connectivity index (χ2n) is 4.34. The number of halogens is 2. The van der Waals surface area contributed by atoms with E-state index in [9.17, 15) is 4.79 Å². The van der Waals surface area contributed by atoms with Crippen molar-refractivity contribution < 1.29 is 4.79 Å². The molecule has 6 heteroatoms. The molecule has 1 amide bonds. The minimum atomic E-state index is -0.259. The maximum Gasteiger partial charge on any atom is 0.251 e. The molecule has 3 N–H and O–H groups in total. The highest BCUT2D eigenvalue weighted by Gasteiger charge is 2.11. The van der Waals surface area contributed by atoms with Gasteiger partial charge >= 0.3 is 0 Å². The maximum absolute atomic E-state index is 12.1. The average molecular weight is 310 g/mol. The molecule has 1 heterocycles. The number of hydrogen-bond acceptors (Lipinski definition) is 3. The summed E-state index contributed by atoms with van der Waals surface area (Å²) >= 11 is 11.8. The van der Waals surface area contributed by atoms with Gasteiger partial charge in [-0.05, 0) is 36.2 Å². The molecule has 0 aliphatic carbocycles. The van der Waals surface area contributed by atoms with Gasteiger partial charge in [0.25, 0.3) is 5.91 Å². The van der Waals surface area contributed by atoms with E-state index in [0.717, 1.165) is 11.1 Å². The number of hydrogen-bond donors (Lipinski definition) is 2. The molecule has 0 saturated carbocycles. The van der Waals surface area contributed by atoms with Gasteiger partial charge in [-0.1, -0.05) is 23.2 Å². The normalized spacial score (nSPS) is 10.3. The van der Waals surface area contributed by atoms with Crippen LogP contribution in [-0.2, 0) is 6.54 Å². The lowest BCUT2D eigenvalue weighted by molar-refractivity contribution is 0.0951. The van der Waals surface area contributed by atoms with Gasteiger partial charge in [0.15, 0.2) is 0 Å². The average Bonchev–Trinajstić information content (AvgIpc) is 2.43. The predicted octanol–water partition coefficient (Wildman–Crippen LogP) is 3.21. The van der Waals surface area contributed by atoms with Gasteiger partial charge in [0.1, 0.15) is 0 Å². The van der Waals surface area contributed by atoms with E-state index in [1.54, 1.807) is 12.4 Å². The third-order valence-electron chi connectivity index (χ3n) is 2.92. The van der Waals surface area contributed by atoms with Crippen molar-refractivity contribution in [1.82, 2.24) is 10.3 Å². The molecule has 0 saturated heterocycles. The lowest BCUT2D eigenvalue weighted by Crippen LogP contribution is -2.23. The summed E-state index contributed by atoms with van der Waals surface area (Å²) in [5.74, 6) is -0.259. The van der Waals surface area contributed by atoms with Crippen molar-refractivity contribution >= 4 is 34.8 Å². The molecule has 2 rings (SSSR count). The van der Waals surface area contributed by atoms with Crippen molar-refractivity contribution in [3.63, 3.8) is 0 Å². The topological polar surface area (TPSA) is 68.0 Å². The van der Waals surface area contributed by atoms with Gasteiger partial charge in [-0.25, -0.2) is 0 Å². The number of carbonyl (C=O) groups is 1. The van der Waals surface area contributed by atoms with E-state index < -0.39 is 0 Å². The van der Waals surface area contributed by atoms with Crippen molar-refractivity contribution in [2.45, 2.75) is 13.5 Å². The zero-order valence-electron chi connectivity index (χ0n) is 10.8. The number of aryl methyl sites for hydroxylation is 1. The molecule has 0 aliphatic heterocycles. The van der Waals surface area contributed by atoms with Crippen molar-refractivity contribution in [1.29, 1.82) is 0 Å². The van der Waals surface area contributed by atoms with Gasteiger partial charge in [0, 0.05) is 24.5 Å². The van der Waals surface area contributed by atoms with E-state index in [4.69, 9.17) is 28.9 Å². The largest absolute Gasteiger partial charge is 0.396 e. The Morgan fingerprint density at radius 2 is 2.00 bits per heavy atom. The molecule has 0 atom stereocenters. The zero-order valence-corrected chi connectivity index (χ0v) is 12.3. The van der Waals surface area contributed by atoms with E-state index in [-0.39, 0.29) is 21.6 Å². The third-order valence-corrected chi connectivity index (χ3v) is 3.54. The lowest BCUT2D eigenvalue weighted by atomic mass is 10.1. The Hall–Kier alpha value is -1.78. The van der Waals surface area contributed by atoms with Crippen LogP contribution in [0.1, 0.15) is 21.5 Å². The van der Waals surface area contributed by atoms with E-state index in [2.05, 4.69) is 10.3 Å². The molecular formula is C14H13Cl2N3O. The quantitative estimate of drug-likeness (QED) is 0.855. The molecule has 0 radical (unpaired) electrons. The summed E-state index contributed by atoms with van der Waals surface area (Å²) in [6.07, 6.45) is 3.43. The van der Waals surface area contributed by atoms with Crippen molar-refractivity contribution in [3.05, 3.63) is 57.3 Å². The van der Waals surface area contributed by atoms with Crippen LogP contribution < -0.4 is 11.1 Å².